The normalized spacial score (nSPS) is 20.9. The molecule has 0 N–H and O–H groups in total. The molecule has 0 amide bonds. The molecule has 1 unspecified atom stereocenters. The number of aromatic nitrogens is 3. The first-order chi connectivity index (χ1) is 9.84. The smallest absolute Gasteiger partial charge is 0.138 e. The van der Waals surface area contributed by atoms with Gasteiger partial charge in [0.05, 0.1) is 17.9 Å². The summed E-state index contributed by atoms with van der Waals surface area (Å²) in [6.45, 7) is 0. The molecule has 1 aliphatic carbocycles. The largest absolute Gasteiger partial charge is 0.299 e. The Hall–Kier alpha value is -1.97. The van der Waals surface area contributed by atoms with Gasteiger partial charge < -0.3 is 0 Å². The second kappa shape index (κ2) is 4.54. The van der Waals surface area contributed by atoms with Gasteiger partial charge in [-0.3, -0.25) is 4.79 Å². The van der Waals surface area contributed by atoms with Crippen LogP contribution in [0.1, 0.15) is 43.7 Å². The van der Waals surface area contributed by atoms with Crippen molar-refractivity contribution in [3.8, 4) is 11.3 Å². The molecular formula is C16H17N3O. The van der Waals surface area contributed by atoms with E-state index in [1.807, 2.05) is 16.8 Å². The lowest BCUT2D eigenvalue weighted by Gasteiger charge is -2.15. The zero-order valence-corrected chi connectivity index (χ0v) is 11.3. The molecule has 1 aliphatic heterocycles. The molecule has 102 valence electrons. The molecule has 4 heteroatoms. The number of hydrogen-bond donors (Lipinski definition) is 0. The summed E-state index contributed by atoms with van der Waals surface area (Å²) in [5.41, 5.74) is 3.41. The third-order valence-corrected chi connectivity index (χ3v) is 4.67. The van der Waals surface area contributed by atoms with Gasteiger partial charge in [0.1, 0.15) is 5.78 Å². The van der Waals surface area contributed by atoms with Crippen molar-refractivity contribution < 1.29 is 4.79 Å². The van der Waals surface area contributed by atoms with Crippen molar-refractivity contribution in [2.75, 3.05) is 0 Å². The number of benzene rings is 1. The molecule has 4 nitrogen and oxygen atoms in total. The fourth-order valence-electron chi connectivity index (χ4n) is 3.62. The number of fused-ring (bicyclic) bond motifs is 3. The summed E-state index contributed by atoms with van der Waals surface area (Å²) in [7, 11) is 0. The van der Waals surface area contributed by atoms with Crippen LogP contribution in [0.25, 0.3) is 11.3 Å². The van der Waals surface area contributed by atoms with E-state index in [0.29, 0.717) is 12.2 Å². The highest BCUT2D eigenvalue weighted by atomic mass is 16.1. The minimum absolute atomic E-state index is 0.0387. The maximum Gasteiger partial charge on any atom is 0.138 e. The van der Waals surface area contributed by atoms with E-state index in [1.54, 1.807) is 6.20 Å². The lowest BCUT2D eigenvalue weighted by atomic mass is 9.93. The van der Waals surface area contributed by atoms with Crippen molar-refractivity contribution in [1.29, 1.82) is 0 Å². The first kappa shape index (κ1) is 11.8. The Morgan fingerprint density at radius 3 is 2.90 bits per heavy atom. The van der Waals surface area contributed by atoms with Crippen LogP contribution in [0.3, 0.4) is 0 Å². The summed E-state index contributed by atoms with van der Waals surface area (Å²) in [6, 6.07) is 8.29. The molecule has 2 aliphatic rings. The summed E-state index contributed by atoms with van der Waals surface area (Å²) in [6.07, 6.45) is 6.88. The highest BCUT2D eigenvalue weighted by molar-refractivity contribution is 5.83. The van der Waals surface area contributed by atoms with E-state index in [4.69, 9.17) is 0 Å². The molecule has 2 heterocycles. The van der Waals surface area contributed by atoms with Gasteiger partial charge in [-0.05, 0) is 18.4 Å². The van der Waals surface area contributed by atoms with Crippen LogP contribution in [0.4, 0.5) is 0 Å². The zero-order chi connectivity index (χ0) is 13.5. The van der Waals surface area contributed by atoms with Gasteiger partial charge in [-0.25, -0.2) is 4.68 Å². The molecule has 0 radical (unpaired) electrons. The number of ketones is 1. The molecule has 0 bridgehead atoms. The Morgan fingerprint density at radius 1 is 1.25 bits per heavy atom. The van der Waals surface area contributed by atoms with Crippen molar-refractivity contribution in [2.24, 2.45) is 5.92 Å². The van der Waals surface area contributed by atoms with Crippen LogP contribution in [-0.4, -0.2) is 20.8 Å². The first-order valence-electron chi connectivity index (χ1n) is 7.37. The van der Waals surface area contributed by atoms with E-state index >= 15 is 0 Å². The Morgan fingerprint density at radius 2 is 2.05 bits per heavy atom. The molecule has 20 heavy (non-hydrogen) atoms. The van der Waals surface area contributed by atoms with Gasteiger partial charge in [-0.1, -0.05) is 42.3 Å². The molecule has 0 saturated heterocycles. The van der Waals surface area contributed by atoms with E-state index in [2.05, 4.69) is 22.4 Å². The van der Waals surface area contributed by atoms with Crippen molar-refractivity contribution in [3.05, 3.63) is 36.0 Å². The van der Waals surface area contributed by atoms with Crippen molar-refractivity contribution in [2.45, 2.75) is 38.1 Å². The third kappa shape index (κ3) is 1.71. The monoisotopic (exact) mass is 267 g/mol. The van der Waals surface area contributed by atoms with Crippen molar-refractivity contribution >= 4 is 5.78 Å². The van der Waals surface area contributed by atoms with Gasteiger partial charge in [0, 0.05) is 17.9 Å². The molecule has 1 saturated carbocycles. The summed E-state index contributed by atoms with van der Waals surface area (Å²) in [5.74, 6) is 0.667. The lowest BCUT2D eigenvalue weighted by Crippen LogP contribution is -2.18. The van der Waals surface area contributed by atoms with E-state index < -0.39 is 0 Å². The van der Waals surface area contributed by atoms with E-state index in [9.17, 15) is 4.79 Å². The maximum atomic E-state index is 12.5. The number of nitrogens with zero attached hydrogens (tertiary/aromatic N) is 3. The van der Waals surface area contributed by atoms with Crippen LogP contribution < -0.4 is 0 Å². The highest BCUT2D eigenvalue weighted by Gasteiger charge is 2.33. The van der Waals surface area contributed by atoms with Crippen LogP contribution in [0, 0.1) is 5.92 Å². The van der Waals surface area contributed by atoms with Gasteiger partial charge >= 0.3 is 0 Å². The summed E-state index contributed by atoms with van der Waals surface area (Å²) < 4.78 is 1.91. The molecule has 4 rings (SSSR count). The van der Waals surface area contributed by atoms with E-state index in [0.717, 1.165) is 18.5 Å². The SMILES string of the molecule is O=C(CC1c2ccccc2-c2cnnn21)C1CCCC1. The van der Waals surface area contributed by atoms with Crippen molar-refractivity contribution in [1.82, 2.24) is 15.0 Å². The molecule has 2 aromatic rings. The Balaban J connectivity index is 1.66. The van der Waals surface area contributed by atoms with Gasteiger partial charge in [0.25, 0.3) is 0 Å². The maximum absolute atomic E-state index is 12.5. The first-order valence-corrected chi connectivity index (χ1v) is 7.37. The van der Waals surface area contributed by atoms with E-state index in [1.165, 1.54) is 24.0 Å². The third-order valence-electron chi connectivity index (χ3n) is 4.67. The average Bonchev–Trinajstić information content (AvgIpc) is 3.17. The van der Waals surface area contributed by atoms with Gasteiger partial charge in [-0.2, -0.15) is 0 Å². The van der Waals surface area contributed by atoms with Crippen molar-refractivity contribution in [3.63, 3.8) is 0 Å². The number of hydrogen-bond acceptors (Lipinski definition) is 3. The summed E-state index contributed by atoms with van der Waals surface area (Å²) in [4.78, 5) is 12.5. The van der Waals surface area contributed by atoms with Crippen LogP contribution in [0.15, 0.2) is 30.5 Å². The van der Waals surface area contributed by atoms with Gasteiger partial charge in [-0.15, -0.1) is 5.10 Å². The fraction of sp³-hybridized carbons (Fsp3) is 0.438. The number of carbonyl (C=O) groups excluding carboxylic acids is 1. The predicted octanol–water partition coefficient (Wildman–Crippen LogP) is 3.00. The molecule has 0 spiro atoms. The Bertz CT molecular complexity index is 655. The van der Waals surface area contributed by atoms with Crippen LogP contribution >= 0.6 is 0 Å². The van der Waals surface area contributed by atoms with E-state index in [-0.39, 0.29) is 12.0 Å². The van der Waals surface area contributed by atoms with Crippen LogP contribution in [0.2, 0.25) is 0 Å². The van der Waals surface area contributed by atoms with Crippen LogP contribution in [0.5, 0.6) is 0 Å². The Kier molecular flexibility index (Phi) is 2.69. The fourth-order valence-corrected chi connectivity index (χ4v) is 3.62. The minimum Gasteiger partial charge on any atom is -0.299 e. The number of rotatable bonds is 3. The lowest BCUT2D eigenvalue weighted by molar-refractivity contribution is -0.123. The quantitative estimate of drug-likeness (QED) is 0.859. The molecule has 1 aromatic heterocycles. The predicted molar refractivity (Wildman–Crippen MR) is 75.2 cm³/mol. The molecule has 1 aromatic carbocycles. The minimum atomic E-state index is 0.0387. The number of carbonyl (C=O) groups is 1. The summed E-state index contributed by atoms with van der Waals surface area (Å²) >= 11 is 0. The Labute approximate surface area is 117 Å². The highest BCUT2D eigenvalue weighted by Crippen LogP contribution is 2.41. The average molecular weight is 267 g/mol. The topological polar surface area (TPSA) is 47.8 Å². The van der Waals surface area contributed by atoms with Crippen LogP contribution in [-0.2, 0) is 4.79 Å². The zero-order valence-electron chi connectivity index (χ0n) is 11.3. The molecular weight excluding hydrogens is 250 g/mol. The molecule has 1 fully saturated rings. The second-order valence-electron chi connectivity index (χ2n) is 5.82. The molecule has 1 atom stereocenters. The van der Waals surface area contributed by atoms with Gasteiger partial charge in [0.2, 0.25) is 0 Å². The number of Topliss-reactive ketones (excluding diaryl/α,β-unsaturated/α-hetero) is 1. The standard InChI is InChI=1S/C16H17N3O/c20-16(11-5-1-2-6-11)9-14-12-7-3-4-8-13(12)15-10-17-18-19(14)15/h3-4,7-8,10-11,14H,1-2,5-6,9H2. The van der Waals surface area contributed by atoms with Gasteiger partial charge in [0.15, 0.2) is 0 Å². The second-order valence-corrected chi connectivity index (χ2v) is 5.82. The summed E-state index contributed by atoms with van der Waals surface area (Å²) in [5, 5.41) is 8.19.